The first-order valence-corrected chi connectivity index (χ1v) is 36.2. The Kier molecular flexibility index (Phi) is 10.3. The van der Waals surface area contributed by atoms with Gasteiger partial charge in [-0.05, 0) is 117 Å². The van der Waals surface area contributed by atoms with Gasteiger partial charge < -0.3 is 0 Å². The first-order chi connectivity index (χ1) is 27.9. The summed E-state index contributed by atoms with van der Waals surface area (Å²) in [6, 6.07) is 44.6. The average Bonchev–Trinajstić information content (AvgIpc) is 3.14. The molecule has 0 saturated heterocycles. The Bertz CT molecular complexity index is 2680. The third-order valence-corrected chi connectivity index (χ3v) is 21.0. The summed E-state index contributed by atoms with van der Waals surface area (Å²) in [5, 5.41) is 14.4. The van der Waals surface area contributed by atoms with Crippen LogP contribution in [0.25, 0.3) is 76.8 Å². The normalized spacial score (nSPS) is 13.0. The lowest BCUT2D eigenvalue weighted by Crippen LogP contribution is -2.45. The Morgan fingerprint density at radius 3 is 0.683 bits per heavy atom. The molecule has 0 aliphatic carbocycles. The van der Waals surface area contributed by atoms with Crippen LogP contribution in [-0.2, 0) is 0 Å². The van der Waals surface area contributed by atoms with E-state index in [2.05, 4.69) is 215 Å². The number of rotatable bonds is 8. The fraction of sp³-hybridized carbons (Fsp3) is 0.286. The molecule has 0 unspecified atom stereocenters. The van der Waals surface area contributed by atoms with Crippen LogP contribution in [0.15, 0.2) is 109 Å². The zero-order valence-electron chi connectivity index (χ0n) is 39.4. The van der Waals surface area contributed by atoms with E-state index in [1.807, 2.05) is 0 Å². The number of hydrogen-bond acceptors (Lipinski definition) is 0. The van der Waals surface area contributed by atoms with Gasteiger partial charge in [-0.25, -0.2) is 0 Å². The van der Waals surface area contributed by atoms with Crippen LogP contribution in [0.4, 0.5) is 0 Å². The summed E-state index contributed by atoms with van der Waals surface area (Å²) in [5.74, 6) is 0. The van der Waals surface area contributed by atoms with E-state index in [-0.39, 0.29) is 0 Å². The summed E-state index contributed by atoms with van der Waals surface area (Å²) in [6.45, 7) is 39.1. The molecule has 60 heavy (non-hydrogen) atoms. The number of benzene rings is 8. The smallest absolute Gasteiger partial charge is 0.0656 e. The van der Waals surface area contributed by atoms with Gasteiger partial charge in [-0.2, -0.15) is 0 Å². The Balaban J connectivity index is 1.60. The van der Waals surface area contributed by atoms with Crippen molar-refractivity contribution in [3.05, 3.63) is 131 Å². The second-order valence-corrected chi connectivity index (χ2v) is 42.7. The molecule has 8 rings (SSSR count). The Morgan fingerprint density at radius 2 is 0.467 bits per heavy atom. The topological polar surface area (TPSA) is 0 Å². The molecule has 0 spiro atoms. The Hall–Kier alpha value is -4.33. The van der Waals surface area contributed by atoms with Crippen molar-refractivity contribution in [2.75, 3.05) is 0 Å². The van der Waals surface area contributed by atoms with E-state index in [0.29, 0.717) is 0 Å². The maximum Gasteiger partial charge on any atom is 0.0776 e. The van der Waals surface area contributed by atoms with Crippen molar-refractivity contribution in [3.8, 4) is 44.5 Å². The molecule has 0 atom stereocenters. The van der Waals surface area contributed by atoms with Crippen molar-refractivity contribution >= 4 is 85.4 Å². The lowest BCUT2D eigenvalue weighted by atomic mass is 9.81. The van der Waals surface area contributed by atoms with Gasteiger partial charge >= 0.3 is 0 Å². The van der Waals surface area contributed by atoms with E-state index in [1.54, 1.807) is 20.7 Å². The quantitative estimate of drug-likeness (QED) is 0.106. The van der Waals surface area contributed by atoms with Gasteiger partial charge in [-0.3, -0.25) is 0 Å². The minimum Gasteiger partial charge on any atom is -0.0656 e. The van der Waals surface area contributed by atoms with Crippen LogP contribution in [0, 0.1) is 27.7 Å². The van der Waals surface area contributed by atoms with Crippen molar-refractivity contribution in [1.29, 1.82) is 0 Å². The van der Waals surface area contributed by atoms with Crippen LogP contribution in [-0.4, -0.2) is 32.3 Å². The van der Waals surface area contributed by atoms with Gasteiger partial charge in [-0.15, -0.1) is 0 Å². The Labute approximate surface area is 365 Å². The second-order valence-electron chi connectivity index (χ2n) is 22.4. The van der Waals surface area contributed by atoms with Crippen molar-refractivity contribution in [2.45, 2.75) is 106 Å². The van der Waals surface area contributed by atoms with Gasteiger partial charge in [0.05, 0.1) is 32.3 Å². The summed E-state index contributed by atoms with van der Waals surface area (Å²) in [5.41, 5.74) is 15.9. The maximum atomic E-state index is 2.58. The standard InChI is InChI=1S/C56H66Si4/c1-35-21-36(2)24-39(23-35)51-33-53(41-27-43(57(5,6)7)31-44(28-41)58(8,9)10)49-20-18-48-52(40-25-37(3)22-38(4)26-40)34-54(50-19-17-47(51)55(49)56(48)50)42-29-45(59(11,12)13)32-46(30-42)60(14,15)16/h17-34H,1-16H3. The predicted octanol–water partition coefficient (Wildman–Crippen LogP) is 14.7. The molecular weight excluding hydrogens is 785 g/mol. The third kappa shape index (κ3) is 7.85. The molecule has 0 nitrogen and oxygen atoms in total. The molecule has 0 heterocycles. The molecule has 0 aliphatic heterocycles. The highest BCUT2D eigenvalue weighted by Crippen LogP contribution is 2.49. The fourth-order valence-corrected chi connectivity index (χ4v) is 14.5. The largest absolute Gasteiger partial charge is 0.0776 e. The maximum absolute atomic E-state index is 2.58. The molecule has 0 aromatic heterocycles. The van der Waals surface area contributed by atoms with Crippen molar-refractivity contribution < 1.29 is 0 Å². The lowest BCUT2D eigenvalue weighted by Gasteiger charge is -2.26. The van der Waals surface area contributed by atoms with Crippen molar-refractivity contribution in [1.82, 2.24) is 0 Å². The van der Waals surface area contributed by atoms with Crippen LogP contribution in [0.1, 0.15) is 22.3 Å². The van der Waals surface area contributed by atoms with Gasteiger partial charge in [0, 0.05) is 0 Å². The van der Waals surface area contributed by atoms with E-state index in [1.165, 1.54) is 99.1 Å². The van der Waals surface area contributed by atoms with Crippen LogP contribution in [0.2, 0.25) is 78.6 Å². The van der Waals surface area contributed by atoms with Crippen LogP contribution >= 0.6 is 0 Å². The highest BCUT2D eigenvalue weighted by Gasteiger charge is 2.28. The summed E-state index contributed by atoms with van der Waals surface area (Å²) in [4.78, 5) is 0. The van der Waals surface area contributed by atoms with E-state index in [4.69, 9.17) is 0 Å². The first kappa shape index (κ1) is 42.4. The zero-order valence-corrected chi connectivity index (χ0v) is 43.4. The minimum atomic E-state index is -1.64. The van der Waals surface area contributed by atoms with Crippen molar-refractivity contribution in [2.24, 2.45) is 0 Å². The molecule has 4 heteroatoms. The molecule has 8 aromatic carbocycles. The summed E-state index contributed by atoms with van der Waals surface area (Å²) in [6.07, 6.45) is 0. The molecule has 0 radical (unpaired) electrons. The molecule has 0 bridgehead atoms. The highest BCUT2D eigenvalue weighted by molar-refractivity contribution is 6.92. The highest BCUT2D eigenvalue weighted by atomic mass is 28.3. The second kappa shape index (κ2) is 14.7. The van der Waals surface area contributed by atoms with E-state index < -0.39 is 32.3 Å². The van der Waals surface area contributed by atoms with Crippen LogP contribution in [0.3, 0.4) is 0 Å². The molecule has 306 valence electrons. The minimum absolute atomic E-state index is 1.30. The van der Waals surface area contributed by atoms with Crippen LogP contribution in [0.5, 0.6) is 0 Å². The summed E-state index contributed by atoms with van der Waals surface area (Å²) >= 11 is 0. The third-order valence-electron chi connectivity index (χ3n) is 12.9. The van der Waals surface area contributed by atoms with E-state index in [9.17, 15) is 0 Å². The summed E-state index contributed by atoms with van der Waals surface area (Å²) < 4.78 is 0. The molecule has 0 N–H and O–H groups in total. The molecule has 0 fully saturated rings. The van der Waals surface area contributed by atoms with Gasteiger partial charge in [0.25, 0.3) is 0 Å². The average molecular weight is 851 g/mol. The van der Waals surface area contributed by atoms with Gasteiger partial charge in [0.1, 0.15) is 0 Å². The zero-order chi connectivity index (χ0) is 43.4. The molecule has 0 amide bonds. The van der Waals surface area contributed by atoms with E-state index in [0.717, 1.165) is 0 Å². The number of aryl methyl sites for hydroxylation is 4. The van der Waals surface area contributed by atoms with Gasteiger partial charge in [0.2, 0.25) is 0 Å². The monoisotopic (exact) mass is 850 g/mol. The van der Waals surface area contributed by atoms with Crippen LogP contribution < -0.4 is 20.7 Å². The first-order valence-electron chi connectivity index (χ1n) is 22.2. The van der Waals surface area contributed by atoms with Gasteiger partial charge in [-0.1, -0.05) is 219 Å². The number of hydrogen-bond donors (Lipinski definition) is 0. The molecular formula is C56H66Si4. The fourth-order valence-electron chi connectivity index (χ4n) is 9.51. The predicted molar refractivity (Wildman–Crippen MR) is 283 cm³/mol. The molecule has 8 aromatic rings. The Morgan fingerprint density at radius 1 is 0.250 bits per heavy atom. The molecule has 0 aliphatic rings. The summed E-state index contributed by atoms with van der Waals surface area (Å²) in [7, 11) is -6.56. The van der Waals surface area contributed by atoms with Gasteiger partial charge in [0.15, 0.2) is 0 Å². The van der Waals surface area contributed by atoms with Crippen molar-refractivity contribution in [3.63, 3.8) is 0 Å². The molecule has 0 saturated carbocycles. The van der Waals surface area contributed by atoms with E-state index >= 15 is 0 Å². The SMILES string of the molecule is Cc1cc(C)cc(-c2cc(-c3cc([Si](C)(C)C)cc([Si](C)(C)C)c3)c3ccc4c(-c5cc(C)cc(C)c5)cc(-c5cc([Si](C)(C)C)cc([Si](C)(C)C)c5)c5ccc2c3c45)c1. The lowest BCUT2D eigenvalue weighted by molar-refractivity contribution is 1.39.